The van der Waals surface area contributed by atoms with E-state index in [1.807, 2.05) is 6.92 Å². The number of rotatable bonds is 7. The van der Waals surface area contributed by atoms with Crippen LogP contribution in [0.4, 0.5) is 19.1 Å². The van der Waals surface area contributed by atoms with Gasteiger partial charge in [0, 0.05) is 11.3 Å². The largest absolute Gasteiger partial charge is 0.475 e. The lowest BCUT2D eigenvalue weighted by Gasteiger charge is -2.17. The van der Waals surface area contributed by atoms with Gasteiger partial charge in [-0.25, -0.2) is 23.1 Å². The van der Waals surface area contributed by atoms with E-state index in [4.69, 9.17) is 15.2 Å². The summed E-state index contributed by atoms with van der Waals surface area (Å²) < 4.78 is 51.8. The van der Waals surface area contributed by atoms with Crippen LogP contribution in [0.1, 0.15) is 24.7 Å². The number of hydrogen-bond acceptors (Lipinski definition) is 8. The number of benzene rings is 1. The molecule has 3 aromatic rings. The van der Waals surface area contributed by atoms with Crippen molar-refractivity contribution in [3.05, 3.63) is 53.6 Å². The first kappa shape index (κ1) is 23.3. The Morgan fingerprint density at radius 2 is 1.91 bits per heavy atom. The minimum atomic E-state index is -2.77. The Kier molecular flexibility index (Phi) is 6.80. The van der Waals surface area contributed by atoms with Crippen LogP contribution in [-0.2, 0) is 4.74 Å². The normalized spacial score (nSPS) is 15.2. The third kappa shape index (κ3) is 5.36. The summed E-state index contributed by atoms with van der Waals surface area (Å²) in [7, 11) is 0. The van der Waals surface area contributed by atoms with Gasteiger partial charge in [-0.1, -0.05) is 0 Å². The molecule has 0 aliphatic carbocycles. The fourth-order valence-corrected chi connectivity index (χ4v) is 3.46. The number of aryl methyl sites for hydroxylation is 1. The number of ether oxygens (including phenoxy) is 2. The second-order valence-corrected chi connectivity index (χ2v) is 7.71. The molecule has 0 fully saturated rings. The van der Waals surface area contributed by atoms with Crippen LogP contribution >= 0.6 is 0 Å². The number of halogens is 3. The molecule has 0 bridgehead atoms. The zero-order valence-electron chi connectivity index (χ0n) is 18.6. The Balaban J connectivity index is 1.73. The van der Waals surface area contributed by atoms with Gasteiger partial charge in [-0.15, -0.1) is 0 Å². The van der Waals surface area contributed by atoms with Gasteiger partial charge < -0.3 is 20.5 Å². The number of amidine groups is 1. The van der Waals surface area contributed by atoms with Crippen molar-refractivity contribution in [1.29, 1.82) is 0 Å². The van der Waals surface area contributed by atoms with Crippen molar-refractivity contribution in [1.82, 2.24) is 20.3 Å². The van der Waals surface area contributed by atoms with E-state index in [1.165, 1.54) is 30.3 Å². The number of nitrogens with zero attached hydrogens (tertiary/aromatic N) is 4. The number of nitrogen functional groups attached to an aromatic ring is 1. The second kappa shape index (κ2) is 9.94. The fraction of sp³-hybridized carbons (Fsp3) is 0.304. The standard InChI is InChI=1S/C23H23F3N6O2/c1-12-9-15(10-17(29-12)20(25)26)18-19(14-3-5-16(24)6-4-14)31-22(27)32-21(18)33-8-7-28-23-30-13(2)11-34-23/h3-6,9-10,13,20H,7-8,11H2,1-2H3,(H,28,30)(H2,27,31,32)/t13-/m1/s1. The Labute approximate surface area is 194 Å². The summed E-state index contributed by atoms with van der Waals surface area (Å²) in [5.41, 5.74) is 7.48. The summed E-state index contributed by atoms with van der Waals surface area (Å²) in [5, 5.41) is 3.02. The van der Waals surface area contributed by atoms with Crippen LogP contribution in [0.15, 0.2) is 41.4 Å². The molecule has 1 atom stereocenters. The first-order valence-corrected chi connectivity index (χ1v) is 10.6. The monoisotopic (exact) mass is 472 g/mol. The SMILES string of the molecule is Cc1cc(-c2c(OCCNC3=N[C@H](C)CO3)nc(N)nc2-c2ccc(F)cc2)cc(C(F)F)n1. The molecule has 0 amide bonds. The number of anilines is 1. The van der Waals surface area contributed by atoms with Gasteiger partial charge in [0.25, 0.3) is 12.4 Å². The van der Waals surface area contributed by atoms with Crippen molar-refractivity contribution >= 4 is 12.0 Å². The average Bonchev–Trinajstić information content (AvgIpc) is 3.21. The van der Waals surface area contributed by atoms with Gasteiger partial charge in [-0.2, -0.15) is 4.98 Å². The van der Waals surface area contributed by atoms with Gasteiger partial charge in [0.1, 0.15) is 24.7 Å². The van der Waals surface area contributed by atoms with E-state index in [2.05, 4.69) is 25.3 Å². The van der Waals surface area contributed by atoms with Crippen LogP contribution in [0.3, 0.4) is 0 Å². The topological polar surface area (TPSA) is 108 Å². The highest BCUT2D eigenvalue weighted by atomic mass is 19.3. The number of hydrogen-bond donors (Lipinski definition) is 2. The van der Waals surface area contributed by atoms with Crippen LogP contribution < -0.4 is 15.8 Å². The van der Waals surface area contributed by atoms with Crippen molar-refractivity contribution in [3.8, 4) is 28.3 Å². The van der Waals surface area contributed by atoms with E-state index in [0.717, 1.165) is 0 Å². The average molecular weight is 472 g/mol. The highest BCUT2D eigenvalue weighted by molar-refractivity contribution is 5.85. The molecule has 1 aliphatic heterocycles. The molecule has 2 aromatic heterocycles. The van der Waals surface area contributed by atoms with Crippen LogP contribution in [0.2, 0.25) is 0 Å². The number of aliphatic imine (C=N–C) groups is 1. The Hall–Kier alpha value is -3.89. The van der Waals surface area contributed by atoms with Gasteiger partial charge in [-0.05, 0) is 55.8 Å². The second-order valence-electron chi connectivity index (χ2n) is 7.71. The summed E-state index contributed by atoms with van der Waals surface area (Å²) in [4.78, 5) is 16.7. The molecule has 0 spiro atoms. The Morgan fingerprint density at radius 3 is 2.59 bits per heavy atom. The summed E-state index contributed by atoms with van der Waals surface area (Å²) in [6, 6.07) is 8.97. The van der Waals surface area contributed by atoms with Crippen molar-refractivity contribution in [2.45, 2.75) is 26.3 Å². The maximum atomic E-state index is 13.5. The Bertz CT molecular complexity index is 1200. The maximum absolute atomic E-state index is 13.5. The van der Waals surface area contributed by atoms with E-state index in [-0.39, 0.29) is 24.5 Å². The van der Waals surface area contributed by atoms with Crippen LogP contribution in [0.5, 0.6) is 5.88 Å². The van der Waals surface area contributed by atoms with E-state index < -0.39 is 17.9 Å². The number of alkyl halides is 2. The summed E-state index contributed by atoms with van der Waals surface area (Å²) in [5.74, 6) is -0.411. The van der Waals surface area contributed by atoms with E-state index in [1.54, 1.807) is 13.0 Å². The van der Waals surface area contributed by atoms with Crippen molar-refractivity contribution in [2.24, 2.45) is 4.99 Å². The molecule has 3 N–H and O–H groups in total. The van der Waals surface area contributed by atoms with E-state index >= 15 is 0 Å². The zero-order chi connectivity index (χ0) is 24.2. The quantitative estimate of drug-likeness (QED) is 0.502. The fourth-order valence-electron chi connectivity index (χ4n) is 3.46. The molecule has 0 radical (unpaired) electrons. The molecule has 0 saturated carbocycles. The molecule has 3 heterocycles. The maximum Gasteiger partial charge on any atom is 0.285 e. The highest BCUT2D eigenvalue weighted by Crippen LogP contribution is 2.39. The molecule has 34 heavy (non-hydrogen) atoms. The third-order valence-corrected chi connectivity index (χ3v) is 4.91. The first-order chi connectivity index (χ1) is 16.3. The molecule has 1 aromatic carbocycles. The summed E-state index contributed by atoms with van der Waals surface area (Å²) in [6.45, 7) is 4.54. The predicted molar refractivity (Wildman–Crippen MR) is 121 cm³/mol. The van der Waals surface area contributed by atoms with Crippen LogP contribution in [0.25, 0.3) is 22.4 Å². The zero-order valence-corrected chi connectivity index (χ0v) is 18.6. The van der Waals surface area contributed by atoms with Crippen molar-refractivity contribution in [2.75, 3.05) is 25.5 Å². The van der Waals surface area contributed by atoms with E-state index in [0.29, 0.717) is 47.3 Å². The molecule has 11 heteroatoms. The molecular weight excluding hydrogens is 449 g/mol. The van der Waals surface area contributed by atoms with Crippen molar-refractivity contribution in [3.63, 3.8) is 0 Å². The molecule has 4 rings (SSSR count). The van der Waals surface area contributed by atoms with Gasteiger partial charge in [0.05, 0.1) is 23.8 Å². The molecule has 1 aliphatic rings. The molecule has 0 saturated heterocycles. The lowest BCUT2D eigenvalue weighted by atomic mass is 9.99. The number of pyridine rings is 1. The molecule has 0 unspecified atom stereocenters. The molecular formula is C23H23F3N6O2. The minimum absolute atomic E-state index is 0.0777. The van der Waals surface area contributed by atoms with Gasteiger partial charge in [0.15, 0.2) is 0 Å². The minimum Gasteiger partial charge on any atom is -0.475 e. The van der Waals surface area contributed by atoms with Gasteiger partial charge in [-0.3, -0.25) is 4.98 Å². The number of nitrogens with one attached hydrogen (secondary N) is 1. The van der Waals surface area contributed by atoms with Gasteiger partial charge >= 0.3 is 0 Å². The predicted octanol–water partition coefficient (Wildman–Crippen LogP) is 3.92. The van der Waals surface area contributed by atoms with Crippen LogP contribution in [-0.4, -0.2) is 46.8 Å². The Morgan fingerprint density at radius 1 is 1.15 bits per heavy atom. The van der Waals surface area contributed by atoms with Crippen LogP contribution in [0, 0.1) is 12.7 Å². The summed E-state index contributed by atoms with van der Waals surface area (Å²) in [6.07, 6.45) is -2.77. The third-order valence-electron chi connectivity index (χ3n) is 4.91. The smallest absolute Gasteiger partial charge is 0.285 e. The number of nitrogens with two attached hydrogens (primary N) is 1. The lowest BCUT2D eigenvalue weighted by molar-refractivity contribution is 0.146. The lowest BCUT2D eigenvalue weighted by Crippen LogP contribution is -2.28. The highest BCUT2D eigenvalue weighted by Gasteiger charge is 2.22. The summed E-state index contributed by atoms with van der Waals surface area (Å²) >= 11 is 0. The number of aromatic nitrogens is 3. The van der Waals surface area contributed by atoms with E-state index in [9.17, 15) is 13.2 Å². The van der Waals surface area contributed by atoms with Gasteiger partial charge in [0.2, 0.25) is 11.8 Å². The van der Waals surface area contributed by atoms with Crippen molar-refractivity contribution < 1.29 is 22.6 Å². The first-order valence-electron chi connectivity index (χ1n) is 10.6. The molecule has 178 valence electrons. The molecule has 8 nitrogen and oxygen atoms in total.